The molecule has 3 aromatic heterocycles. The second kappa shape index (κ2) is 9.51. The predicted octanol–water partition coefficient (Wildman–Crippen LogP) is 6.24. The van der Waals surface area contributed by atoms with Gasteiger partial charge >= 0.3 is 6.18 Å². The van der Waals surface area contributed by atoms with Gasteiger partial charge in [0, 0.05) is 41.8 Å². The van der Waals surface area contributed by atoms with Crippen LogP contribution in [0.2, 0.25) is 5.02 Å². The summed E-state index contributed by atoms with van der Waals surface area (Å²) in [7, 11) is 3.14. The zero-order valence-corrected chi connectivity index (χ0v) is 19.7. The third-order valence-electron chi connectivity index (χ3n) is 4.85. The van der Waals surface area contributed by atoms with Crippen molar-refractivity contribution in [3.8, 4) is 17.0 Å². The first-order valence-electron chi connectivity index (χ1n) is 9.85. The van der Waals surface area contributed by atoms with Crippen LogP contribution in [0.5, 0.6) is 5.88 Å². The van der Waals surface area contributed by atoms with Crippen molar-refractivity contribution in [3.63, 3.8) is 0 Å². The summed E-state index contributed by atoms with van der Waals surface area (Å²) in [6.45, 7) is 1.65. The molecule has 0 aliphatic carbocycles. The van der Waals surface area contributed by atoms with E-state index in [9.17, 15) is 13.2 Å². The van der Waals surface area contributed by atoms with Crippen LogP contribution in [0.3, 0.4) is 0 Å². The number of hydrogen-bond donors (Lipinski definition) is 2. The van der Waals surface area contributed by atoms with Crippen LogP contribution < -0.4 is 14.8 Å². The SMILES string of the molecule is CNc1ncc2cc(-c3cc(NSc4cc(Cl)cnc4OC)ccc3C(F)(F)F)c(C)nc2n1. The van der Waals surface area contributed by atoms with E-state index in [-0.39, 0.29) is 5.56 Å². The van der Waals surface area contributed by atoms with Gasteiger partial charge in [0.25, 0.3) is 0 Å². The molecule has 1 aromatic carbocycles. The molecule has 0 amide bonds. The van der Waals surface area contributed by atoms with Gasteiger partial charge in [-0.25, -0.2) is 15.0 Å². The first kappa shape index (κ1) is 23.8. The third kappa shape index (κ3) is 4.95. The van der Waals surface area contributed by atoms with Gasteiger partial charge in [0.2, 0.25) is 11.8 Å². The fraction of sp³-hybridized carbons (Fsp3) is 0.182. The van der Waals surface area contributed by atoms with E-state index in [2.05, 4.69) is 30.0 Å². The van der Waals surface area contributed by atoms with Gasteiger partial charge in [-0.2, -0.15) is 18.2 Å². The molecule has 0 unspecified atom stereocenters. The fourth-order valence-electron chi connectivity index (χ4n) is 3.27. The lowest BCUT2D eigenvalue weighted by Crippen LogP contribution is -2.08. The quantitative estimate of drug-likeness (QED) is 0.297. The van der Waals surface area contributed by atoms with Crippen LogP contribution in [0.25, 0.3) is 22.2 Å². The monoisotopic (exact) mass is 506 g/mol. The highest BCUT2D eigenvalue weighted by atomic mass is 35.5. The Morgan fingerprint density at radius 2 is 1.82 bits per heavy atom. The predicted molar refractivity (Wildman–Crippen MR) is 127 cm³/mol. The van der Waals surface area contributed by atoms with Crippen molar-refractivity contribution in [1.29, 1.82) is 0 Å². The van der Waals surface area contributed by atoms with Crippen molar-refractivity contribution < 1.29 is 17.9 Å². The molecule has 12 heteroatoms. The molecule has 3 heterocycles. The molecule has 0 bridgehead atoms. The Morgan fingerprint density at radius 1 is 1.03 bits per heavy atom. The van der Waals surface area contributed by atoms with Crippen molar-refractivity contribution in [2.24, 2.45) is 0 Å². The fourth-order valence-corrected chi connectivity index (χ4v) is 4.26. The van der Waals surface area contributed by atoms with E-state index < -0.39 is 11.7 Å². The Hall–Kier alpha value is -3.31. The van der Waals surface area contributed by atoms with E-state index in [0.29, 0.717) is 49.7 Å². The second-order valence-electron chi connectivity index (χ2n) is 7.10. The number of methoxy groups -OCH3 is 1. The summed E-state index contributed by atoms with van der Waals surface area (Å²) in [5.74, 6) is 0.710. The van der Waals surface area contributed by atoms with Gasteiger partial charge in [-0.3, -0.25) is 0 Å². The van der Waals surface area contributed by atoms with E-state index in [1.165, 1.54) is 31.6 Å². The van der Waals surface area contributed by atoms with Gasteiger partial charge in [-0.1, -0.05) is 11.6 Å². The summed E-state index contributed by atoms with van der Waals surface area (Å²) in [6.07, 6.45) is -1.60. The Kier molecular flexibility index (Phi) is 6.67. The van der Waals surface area contributed by atoms with Gasteiger partial charge in [0.15, 0.2) is 5.65 Å². The lowest BCUT2D eigenvalue weighted by molar-refractivity contribution is -0.137. The van der Waals surface area contributed by atoms with Crippen molar-refractivity contribution in [1.82, 2.24) is 19.9 Å². The Labute approximate surface area is 202 Å². The van der Waals surface area contributed by atoms with Crippen LogP contribution in [-0.4, -0.2) is 34.1 Å². The summed E-state index contributed by atoms with van der Waals surface area (Å²) in [4.78, 5) is 17.5. The highest BCUT2D eigenvalue weighted by Gasteiger charge is 2.34. The zero-order chi connectivity index (χ0) is 24.5. The van der Waals surface area contributed by atoms with E-state index in [1.807, 2.05) is 0 Å². The van der Waals surface area contributed by atoms with E-state index >= 15 is 0 Å². The minimum atomic E-state index is -4.56. The van der Waals surface area contributed by atoms with E-state index in [1.54, 1.807) is 26.1 Å². The molecule has 0 aliphatic rings. The smallest absolute Gasteiger partial charge is 0.417 e. The topological polar surface area (TPSA) is 84.9 Å². The van der Waals surface area contributed by atoms with Gasteiger partial charge in [-0.05, 0) is 54.8 Å². The summed E-state index contributed by atoms with van der Waals surface area (Å²) >= 11 is 7.13. The Morgan fingerprint density at radius 3 is 2.53 bits per heavy atom. The molecule has 0 aliphatic heterocycles. The number of ether oxygens (including phenoxy) is 1. The minimum Gasteiger partial charge on any atom is -0.480 e. The van der Waals surface area contributed by atoms with Gasteiger partial charge in [-0.15, -0.1) is 0 Å². The minimum absolute atomic E-state index is 0.0149. The summed E-state index contributed by atoms with van der Waals surface area (Å²) in [5.41, 5.74) is 0.775. The molecule has 7 nitrogen and oxygen atoms in total. The summed E-state index contributed by atoms with van der Waals surface area (Å²) in [5, 5.41) is 3.74. The third-order valence-corrected chi connectivity index (χ3v) is 5.91. The molecular weight excluding hydrogens is 489 g/mol. The normalized spacial score (nSPS) is 11.5. The van der Waals surface area contributed by atoms with Crippen LogP contribution >= 0.6 is 23.5 Å². The highest BCUT2D eigenvalue weighted by Crippen LogP contribution is 2.41. The molecule has 4 rings (SSSR count). The molecule has 0 saturated heterocycles. The first-order valence-corrected chi connectivity index (χ1v) is 11.0. The molecule has 4 aromatic rings. The number of aryl methyl sites for hydroxylation is 1. The van der Waals surface area contributed by atoms with Crippen molar-refractivity contribution in [2.75, 3.05) is 24.2 Å². The average Bonchev–Trinajstić information content (AvgIpc) is 2.81. The molecular formula is C22H18ClF3N6OS. The second-order valence-corrected chi connectivity index (χ2v) is 8.39. The number of alkyl halides is 3. The van der Waals surface area contributed by atoms with Crippen LogP contribution in [-0.2, 0) is 6.18 Å². The highest BCUT2D eigenvalue weighted by molar-refractivity contribution is 8.00. The maximum atomic E-state index is 13.9. The number of aromatic nitrogens is 4. The standard InChI is InChI=1S/C22H18ClF3N6OS/c1-11-15(6-12-9-29-21(27-2)31-19(12)30-11)16-8-14(4-5-17(16)22(24,25)26)32-34-18-7-13(23)10-28-20(18)33-3/h4-10,32H,1-3H3,(H,27,29,30,31). The van der Waals surface area contributed by atoms with Crippen LogP contribution in [0, 0.1) is 6.92 Å². The number of hydrogen-bond acceptors (Lipinski definition) is 8. The van der Waals surface area contributed by atoms with Crippen LogP contribution in [0.15, 0.2) is 47.6 Å². The summed E-state index contributed by atoms with van der Waals surface area (Å²) < 4.78 is 49.9. The van der Waals surface area contributed by atoms with Crippen molar-refractivity contribution in [3.05, 3.63) is 59.0 Å². The number of fused-ring (bicyclic) bond motifs is 1. The number of pyridine rings is 2. The van der Waals surface area contributed by atoms with Gasteiger partial charge < -0.3 is 14.8 Å². The number of rotatable bonds is 6. The van der Waals surface area contributed by atoms with Crippen LogP contribution in [0.1, 0.15) is 11.3 Å². The average molecular weight is 507 g/mol. The largest absolute Gasteiger partial charge is 0.480 e. The maximum absolute atomic E-state index is 13.9. The lowest BCUT2D eigenvalue weighted by atomic mass is 9.97. The molecule has 0 fully saturated rings. The molecule has 2 N–H and O–H groups in total. The van der Waals surface area contributed by atoms with Gasteiger partial charge in [0.1, 0.15) is 0 Å². The molecule has 0 saturated carbocycles. The number of anilines is 2. The number of nitrogens with zero attached hydrogens (tertiary/aromatic N) is 4. The molecule has 0 radical (unpaired) electrons. The number of halogens is 4. The van der Waals surface area contributed by atoms with E-state index in [4.69, 9.17) is 16.3 Å². The maximum Gasteiger partial charge on any atom is 0.417 e. The molecule has 0 atom stereocenters. The van der Waals surface area contributed by atoms with Crippen molar-refractivity contribution >= 4 is 46.2 Å². The zero-order valence-electron chi connectivity index (χ0n) is 18.2. The lowest BCUT2D eigenvalue weighted by Gasteiger charge is -2.17. The van der Waals surface area contributed by atoms with Crippen molar-refractivity contribution in [2.45, 2.75) is 18.0 Å². The first-order chi connectivity index (χ1) is 16.2. The number of benzene rings is 1. The molecule has 176 valence electrons. The van der Waals surface area contributed by atoms with E-state index in [0.717, 1.165) is 18.0 Å². The molecule has 0 spiro atoms. The van der Waals surface area contributed by atoms with Crippen LogP contribution in [0.4, 0.5) is 24.8 Å². The molecule has 34 heavy (non-hydrogen) atoms. The van der Waals surface area contributed by atoms with Gasteiger partial charge in [0.05, 0.1) is 22.6 Å². The number of nitrogens with one attached hydrogen (secondary N) is 2. The summed E-state index contributed by atoms with van der Waals surface area (Å²) in [6, 6.07) is 7.08. The Balaban J connectivity index is 1.76. The Bertz CT molecular complexity index is 1370.